The quantitative estimate of drug-likeness (QED) is 0.0842. The first-order valence-electron chi connectivity index (χ1n) is 16.3. The number of aromatic hydroxyl groups is 2. The second-order valence-corrected chi connectivity index (χ2v) is 11.6. The summed E-state index contributed by atoms with van der Waals surface area (Å²) in [7, 11) is 0. The first-order chi connectivity index (χ1) is 25.4. The summed E-state index contributed by atoms with van der Waals surface area (Å²) in [6.07, 6.45) is 0. The zero-order valence-electron chi connectivity index (χ0n) is 27.7. The van der Waals surface area contributed by atoms with Crippen molar-refractivity contribution in [3.05, 3.63) is 179 Å². The average molecular weight is 675 g/mol. The van der Waals surface area contributed by atoms with Gasteiger partial charge in [-0.25, -0.2) is 0 Å². The van der Waals surface area contributed by atoms with Gasteiger partial charge in [0.1, 0.15) is 28.7 Å². The van der Waals surface area contributed by atoms with Gasteiger partial charge in [0.05, 0.1) is 28.1 Å². The Balaban J connectivity index is 1.60. The molecule has 7 rings (SSSR count). The minimum absolute atomic E-state index is 0.0522. The molecule has 6 heteroatoms. The van der Waals surface area contributed by atoms with Gasteiger partial charge in [0.25, 0.3) is 0 Å². The van der Waals surface area contributed by atoms with Crippen LogP contribution in [0.5, 0.6) is 34.5 Å². The normalized spacial score (nSPS) is 10.2. The van der Waals surface area contributed by atoms with Crippen molar-refractivity contribution < 1.29 is 19.7 Å². The number of hydrogen-bond donors (Lipinski definition) is 4. The molecule has 6 nitrogen and oxygen atoms in total. The van der Waals surface area contributed by atoms with Gasteiger partial charge in [0.2, 0.25) is 0 Å². The lowest BCUT2D eigenvalue weighted by atomic mass is 9.91. The summed E-state index contributed by atoms with van der Waals surface area (Å²) >= 11 is 0. The Hall–Kier alpha value is -7.72. The monoisotopic (exact) mass is 674 g/mol. The number of phenols is 2. The molecule has 0 heterocycles. The third-order valence-corrected chi connectivity index (χ3v) is 8.01. The molecule has 0 radical (unpaired) electrons. The third-order valence-electron chi connectivity index (χ3n) is 8.01. The van der Waals surface area contributed by atoms with Crippen LogP contribution in [0.2, 0.25) is 0 Å². The summed E-state index contributed by atoms with van der Waals surface area (Å²) in [5, 5.41) is 21.5. The van der Waals surface area contributed by atoms with Crippen LogP contribution in [0.1, 0.15) is 33.4 Å². The molecule has 0 atom stereocenters. The number of nitrogens with two attached hydrogens (primary N) is 2. The maximum Gasteiger partial charge on any atom is 0.152 e. The molecule has 0 unspecified atom stereocenters. The number of rotatable bonds is 4. The molecular formula is C46H30N2O4. The number of phenolic OH excluding ortho intramolecular Hbond substituents is 2. The van der Waals surface area contributed by atoms with E-state index in [4.69, 9.17) is 20.9 Å². The molecule has 0 spiro atoms. The lowest BCUT2D eigenvalue weighted by Gasteiger charge is -2.18. The van der Waals surface area contributed by atoms with Crippen LogP contribution in [0, 0.1) is 35.5 Å². The fraction of sp³-hybridized carbons (Fsp3) is 0. The maximum atomic E-state index is 10.2. The van der Waals surface area contributed by atoms with Crippen LogP contribution in [-0.2, 0) is 0 Å². The van der Waals surface area contributed by atoms with Crippen molar-refractivity contribution in [2.45, 2.75) is 0 Å². The Morgan fingerprint density at radius 1 is 0.423 bits per heavy atom. The molecule has 0 fully saturated rings. The van der Waals surface area contributed by atoms with Crippen molar-refractivity contribution >= 4 is 22.1 Å². The Labute approximate surface area is 301 Å². The van der Waals surface area contributed by atoms with E-state index in [2.05, 4.69) is 35.5 Å². The number of anilines is 2. The lowest BCUT2D eigenvalue weighted by Crippen LogP contribution is -2.01. The van der Waals surface area contributed by atoms with E-state index < -0.39 is 0 Å². The second kappa shape index (κ2) is 14.8. The van der Waals surface area contributed by atoms with Crippen LogP contribution in [0.3, 0.4) is 0 Å². The van der Waals surface area contributed by atoms with Gasteiger partial charge in [0, 0.05) is 39.6 Å². The summed E-state index contributed by atoms with van der Waals surface area (Å²) in [5.74, 6) is 21.7. The highest BCUT2D eigenvalue weighted by atomic mass is 16.5. The zero-order chi connectivity index (χ0) is 35.9. The molecule has 0 saturated carbocycles. The molecule has 0 aliphatic heterocycles. The number of nitrogen functional groups attached to an aromatic ring is 2. The van der Waals surface area contributed by atoms with Crippen molar-refractivity contribution in [3.63, 3.8) is 0 Å². The highest BCUT2D eigenvalue weighted by Crippen LogP contribution is 2.44. The van der Waals surface area contributed by atoms with Crippen LogP contribution >= 0.6 is 0 Å². The van der Waals surface area contributed by atoms with Crippen LogP contribution < -0.4 is 20.9 Å². The standard InChI is InChI=1S/C46H30N2O4/c47-40-29-34(22-27-42(40)49)51-44-18-10-17-39-45(44)37(25-20-32-13-6-2-7-14-32)36(24-19-31-11-4-1-5-12-31)38(26-21-33-15-8-3-9-16-33)46(39)52-35-23-28-43(50)41(48)30-35/h1-18,22-23,27-30,49-50H,47-48H2. The SMILES string of the molecule is Nc1cc(Oc2c(C#Cc3ccccc3)c(C#Cc3ccccc3)c(C#Cc3ccccc3)c3c(Oc4ccc(O)c(N)c4)cccc23)ccc1O. The highest BCUT2D eigenvalue weighted by Gasteiger charge is 2.23. The summed E-state index contributed by atoms with van der Waals surface area (Å²) in [4.78, 5) is 0. The van der Waals surface area contributed by atoms with Crippen LogP contribution in [0.15, 0.2) is 146 Å². The largest absolute Gasteiger partial charge is 0.506 e. The van der Waals surface area contributed by atoms with Gasteiger partial charge in [-0.3, -0.25) is 0 Å². The van der Waals surface area contributed by atoms with E-state index in [0.29, 0.717) is 50.5 Å². The van der Waals surface area contributed by atoms with E-state index in [9.17, 15) is 10.2 Å². The number of benzene rings is 7. The minimum atomic E-state index is -0.0638. The highest BCUT2D eigenvalue weighted by molar-refractivity contribution is 6.02. The Bertz CT molecular complexity index is 2620. The maximum absolute atomic E-state index is 10.2. The Morgan fingerprint density at radius 2 is 0.885 bits per heavy atom. The van der Waals surface area contributed by atoms with Gasteiger partial charge in [0.15, 0.2) is 5.75 Å². The van der Waals surface area contributed by atoms with Gasteiger partial charge in [-0.2, -0.15) is 0 Å². The van der Waals surface area contributed by atoms with Gasteiger partial charge < -0.3 is 31.2 Å². The second-order valence-electron chi connectivity index (χ2n) is 11.6. The molecule has 0 aromatic heterocycles. The van der Waals surface area contributed by atoms with Gasteiger partial charge in [-0.15, -0.1) is 0 Å². The van der Waals surface area contributed by atoms with E-state index in [1.807, 2.05) is 109 Å². The molecule has 248 valence electrons. The van der Waals surface area contributed by atoms with Crippen LogP contribution in [-0.4, -0.2) is 10.2 Å². The van der Waals surface area contributed by atoms with Gasteiger partial charge >= 0.3 is 0 Å². The molecular weight excluding hydrogens is 645 g/mol. The van der Waals surface area contributed by atoms with Gasteiger partial charge in [-0.05, 0) is 66.7 Å². The van der Waals surface area contributed by atoms with E-state index in [1.54, 1.807) is 24.3 Å². The average Bonchev–Trinajstić information content (AvgIpc) is 3.17. The summed E-state index contributed by atoms with van der Waals surface area (Å²) < 4.78 is 13.2. The topological polar surface area (TPSA) is 111 Å². The lowest BCUT2D eigenvalue weighted by molar-refractivity contribution is 0.466. The predicted octanol–water partition coefficient (Wildman–Crippen LogP) is 9.20. The number of ether oxygens (including phenoxy) is 2. The van der Waals surface area contributed by atoms with Crippen molar-refractivity contribution in [1.29, 1.82) is 0 Å². The molecule has 0 amide bonds. The Kier molecular flexibility index (Phi) is 9.34. The molecule has 0 saturated heterocycles. The smallest absolute Gasteiger partial charge is 0.152 e. The molecule has 52 heavy (non-hydrogen) atoms. The first kappa shape index (κ1) is 32.8. The first-order valence-corrected chi connectivity index (χ1v) is 16.3. The van der Waals surface area contributed by atoms with E-state index in [0.717, 1.165) is 16.7 Å². The third kappa shape index (κ3) is 7.31. The van der Waals surface area contributed by atoms with Crippen molar-refractivity contribution in [2.75, 3.05) is 11.5 Å². The molecule has 7 aromatic rings. The molecule has 0 aliphatic carbocycles. The minimum Gasteiger partial charge on any atom is -0.506 e. The molecule has 7 aromatic carbocycles. The molecule has 0 aliphatic rings. The summed E-state index contributed by atoms with van der Waals surface area (Å²) in [6, 6.07) is 43.8. The number of hydrogen-bond acceptors (Lipinski definition) is 6. The molecule has 0 bridgehead atoms. The summed E-state index contributed by atoms with van der Waals surface area (Å²) in [5.41, 5.74) is 16.5. The fourth-order valence-corrected chi connectivity index (χ4v) is 5.44. The van der Waals surface area contributed by atoms with Crippen molar-refractivity contribution in [1.82, 2.24) is 0 Å². The predicted molar refractivity (Wildman–Crippen MR) is 206 cm³/mol. The van der Waals surface area contributed by atoms with Crippen molar-refractivity contribution in [2.24, 2.45) is 0 Å². The van der Waals surface area contributed by atoms with Gasteiger partial charge in [-0.1, -0.05) is 102 Å². The fourth-order valence-electron chi connectivity index (χ4n) is 5.44. The summed E-state index contributed by atoms with van der Waals surface area (Å²) in [6.45, 7) is 0. The zero-order valence-corrected chi connectivity index (χ0v) is 27.7. The van der Waals surface area contributed by atoms with Crippen molar-refractivity contribution in [3.8, 4) is 70.0 Å². The molecule has 6 N–H and O–H groups in total. The van der Waals surface area contributed by atoms with E-state index >= 15 is 0 Å². The van der Waals surface area contributed by atoms with Crippen LogP contribution in [0.4, 0.5) is 11.4 Å². The van der Waals surface area contributed by atoms with Crippen LogP contribution in [0.25, 0.3) is 10.8 Å². The Morgan fingerprint density at radius 3 is 1.38 bits per heavy atom. The number of fused-ring (bicyclic) bond motifs is 1. The van der Waals surface area contributed by atoms with E-state index in [1.165, 1.54) is 12.1 Å². The van der Waals surface area contributed by atoms with E-state index in [-0.39, 0.29) is 22.9 Å².